The highest BCUT2D eigenvalue weighted by molar-refractivity contribution is 6.18. The second-order valence-electron chi connectivity index (χ2n) is 9.99. The van der Waals surface area contributed by atoms with Gasteiger partial charge in [-0.2, -0.15) is 18.3 Å². The van der Waals surface area contributed by atoms with Gasteiger partial charge in [-0.15, -0.1) is 0 Å². The summed E-state index contributed by atoms with van der Waals surface area (Å²) in [6.45, 7) is 3.66. The van der Waals surface area contributed by atoms with Gasteiger partial charge >= 0.3 is 6.18 Å². The number of allylic oxidation sites excluding steroid dienone is 1. The Kier molecular flexibility index (Phi) is 10.2. The molecule has 0 aliphatic carbocycles. The van der Waals surface area contributed by atoms with Crippen LogP contribution in [0.2, 0.25) is 0 Å². The normalized spacial score (nSPS) is 17.0. The average Bonchev–Trinajstić information content (AvgIpc) is 3.58. The predicted octanol–water partition coefficient (Wildman–Crippen LogP) is 2.71. The van der Waals surface area contributed by atoms with Crippen LogP contribution in [0.5, 0.6) is 17.4 Å². The fraction of sp³-hybridized carbons (Fsp3) is 0.379. The van der Waals surface area contributed by atoms with E-state index in [0.717, 1.165) is 23.8 Å². The maximum Gasteiger partial charge on any atom is 0.435 e. The Morgan fingerprint density at radius 3 is 2.48 bits per heavy atom. The molecule has 246 valence electrons. The molecule has 4 heterocycles. The highest BCUT2D eigenvalue weighted by Crippen LogP contribution is 2.31. The summed E-state index contributed by atoms with van der Waals surface area (Å²) in [5, 5.41) is 9.97. The molecule has 0 saturated carbocycles. The van der Waals surface area contributed by atoms with Crippen molar-refractivity contribution in [2.24, 2.45) is 4.99 Å². The molecule has 17 heteroatoms. The van der Waals surface area contributed by atoms with E-state index in [9.17, 15) is 18.0 Å². The fourth-order valence-corrected chi connectivity index (χ4v) is 4.67. The smallest absolute Gasteiger partial charge is 0.435 e. The van der Waals surface area contributed by atoms with Crippen LogP contribution in [0.3, 0.4) is 0 Å². The maximum absolute atomic E-state index is 13.5. The van der Waals surface area contributed by atoms with Gasteiger partial charge in [0.2, 0.25) is 5.88 Å². The topological polar surface area (TPSA) is 146 Å². The number of halogens is 3. The van der Waals surface area contributed by atoms with Gasteiger partial charge in [0.1, 0.15) is 22.9 Å². The summed E-state index contributed by atoms with van der Waals surface area (Å²) < 4.78 is 62.8. The number of hydrogen-bond donors (Lipinski definition) is 3. The number of anilines is 1. The van der Waals surface area contributed by atoms with Crippen molar-refractivity contribution in [2.45, 2.75) is 12.5 Å². The van der Waals surface area contributed by atoms with E-state index < -0.39 is 24.1 Å². The predicted molar refractivity (Wildman–Crippen MR) is 160 cm³/mol. The quantitative estimate of drug-likeness (QED) is 0.197. The Bertz CT molecular complexity index is 1570. The number of hydrogen-bond acceptors (Lipinski definition) is 12. The number of methoxy groups -OCH3 is 3. The van der Waals surface area contributed by atoms with Crippen molar-refractivity contribution in [1.29, 1.82) is 0 Å². The zero-order valence-corrected chi connectivity index (χ0v) is 25.3. The van der Waals surface area contributed by atoms with Gasteiger partial charge in [-0.25, -0.2) is 20.1 Å². The number of hydroxylamine groups is 1. The van der Waals surface area contributed by atoms with Gasteiger partial charge in [-0.3, -0.25) is 14.5 Å². The number of benzene rings is 1. The SMILES string of the molecule is COc1cc(NC2N=CC(c3cnc(OC)c(C(=O)NOCCN4CCOCC4)c3)=C(n3ccc(C(F)(F)F)n3)N2)cc(OC)c1. The minimum Gasteiger partial charge on any atom is -0.497 e. The summed E-state index contributed by atoms with van der Waals surface area (Å²) in [5.74, 6) is 0.560. The molecule has 2 aliphatic rings. The lowest BCUT2D eigenvalue weighted by molar-refractivity contribution is -0.141. The lowest BCUT2D eigenvalue weighted by Gasteiger charge is -2.26. The Balaban J connectivity index is 1.41. The molecule has 2 aromatic heterocycles. The zero-order valence-electron chi connectivity index (χ0n) is 25.3. The summed E-state index contributed by atoms with van der Waals surface area (Å²) in [7, 11) is 4.37. The Morgan fingerprint density at radius 2 is 1.83 bits per heavy atom. The molecule has 1 saturated heterocycles. The van der Waals surface area contributed by atoms with E-state index >= 15 is 0 Å². The molecule has 0 radical (unpaired) electrons. The number of rotatable bonds is 12. The Hall–Kier alpha value is -4.87. The van der Waals surface area contributed by atoms with Crippen molar-refractivity contribution in [3.05, 3.63) is 59.5 Å². The van der Waals surface area contributed by atoms with Crippen molar-refractivity contribution in [2.75, 3.05) is 66.1 Å². The second kappa shape index (κ2) is 14.5. The number of alkyl halides is 3. The number of carbonyl (C=O) groups excluding carboxylic acids is 1. The zero-order chi connectivity index (χ0) is 32.7. The molecule has 2 aliphatic heterocycles. The van der Waals surface area contributed by atoms with Gasteiger partial charge in [0.15, 0.2) is 12.0 Å². The molecule has 1 fully saturated rings. The van der Waals surface area contributed by atoms with Crippen LogP contribution in [0.15, 0.2) is 47.7 Å². The number of ether oxygens (including phenoxy) is 4. The minimum absolute atomic E-state index is 0.0193. The Morgan fingerprint density at radius 1 is 1.09 bits per heavy atom. The standard InChI is InChI=1S/C29H33F3N8O6/c1-42-20-13-19(14-21(15-20)43-2)35-28-34-17-23(25(36-28)40-5-4-24(37-40)29(30,31)32)18-12-22(27(44-3)33-16-18)26(41)38-46-11-8-39-6-9-45-10-7-39/h4-5,12-17,28,35-36H,6-11H2,1-3H3,(H,38,41). The number of aromatic nitrogens is 3. The number of carbonyl (C=O) groups is 1. The van der Waals surface area contributed by atoms with Gasteiger partial charge in [-0.1, -0.05) is 0 Å². The van der Waals surface area contributed by atoms with E-state index in [1.807, 2.05) is 0 Å². The van der Waals surface area contributed by atoms with Crippen LogP contribution in [0.1, 0.15) is 21.6 Å². The summed E-state index contributed by atoms with van der Waals surface area (Å²) in [6, 6.07) is 7.43. The molecule has 14 nitrogen and oxygen atoms in total. The number of morpholine rings is 1. The molecule has 3 N–H and O–H groups in total. The lowest BCUT2D eigenvalue weighted by Crippen LogP contribution is -2.39. The van der Waals surface area contributed by atoms with Gasteiger partial charge in [0.25, 0.3) is 5.91 Å². The van der Waals surface area contributed by atoms with Crippen LogP contribution in [0.4, 0.5) is 18.9 Å². The molecule has 0 spiro atoms. The van der Waals surface area contributed by atoms with Crippen LogP contribution in [-0.2, 0) is 15.8 Å². The number of pyridine rings is 1. The van der Waals surface area contributed by atoms with E-state index in [0.29, 0.717) is 48.1 Å². The summed E-state index contributed by atoms with van der Waals surface area (Å²) in [5.41, 5.74) is 2.55. The summed E-state index contributed by atoms with van der Waals surface area (Å²) in [6.07, 6.45) is -1.49. The third kappa shape index (κ3) is 7.85. The van der Waals surface area contributed by atoms with Crippen LogP contribution < -0.4 is 30.3 Å². The van der Waals surface area contributed by atoms with Crippen LogP contribution in [0.25, 0.3) is 11.4 Å². The van der Waals surface area contributed by atoms with Crippen molar-refractivity contribution in [3.8, 4) is 17.4 Å². The van der Waals surface area contributed by atoms with E-state index in [-0.39, 0.29) is 23.9 Å². The number of aliphatic imine (C=N–C) groups is 1. The molecule has 5 rings (SSSR count). The molecule has 1 unspecified atom stereocenters. The molecule has 1 atom stereocenters. The minimum atomic E-state index is -4.67. The van der Waals surface area contributed by atoms with Crippen molar-refractivity contribution < 1.29 is 41.8 Å². The summed E-state index contributed by atoms with van der Waals surface area (Å²) >= 11 is 0. The van der Waals surface area contributed by atoms with Gasteiger partial charge in [0, 0.05) is 73.3 Å². The largest absolute Gasteiger partial charge is 0.497 e. The van der Waals surface area contributed by atoms with Crippen molar-refractivity contribution >= 4 is 29.2 Å². The monoisotopic (exact) mass is 646 g/mol. The molecule has 3 aromatic rings. The first-order valence-electron chi connectivity index (χ1n) is 14.1. The van der Waals surface area contributed by atoms with E-state index in [1.165, 1.54) is 46.0 Å². The lowest BCUT2D eigenvalue weighted by atomic mass is 10.1. The second-order valence-corrected chi connectivity index (χ2v) is 9.99. The number of nitrogens with one attached hydrogen (secondary N) is 3. The van der Waals surface area contributed by atoms with Gasteiger partial charge in [-0.05, 0) is 12.1 Å². The molecular weight excluding hydrogens is 613 g/mol. The summed E-state index contributed by atoms with van der Waals surface area (Å²) in [4.78, 5) is 29.4. The number of amides is 1. The highest BCUT2D eigenvalue weighted by Gasteiger charge is 2.34. The van der Waals surface area contributed by atoms with E-state index in [1.54, 1.807) is 18.2 Å². The van der Waals surface area contributed by atoms with Crippen LogP contribution >= 0.6 is 0 Å². The average molecular weight is 647 g/mol. The molecule has 46 heavy (non-hydrogen) atoms. The first kappa shape index (κ1) is 32.5. The van der Waals surface area contributed by atoms with E-state index in [4.69, 9.17) is 23.8 Å². The third-order valence-corrected chi connectivity index (χ3v) is 7.02. The van der Waals surface area contributed by atoms with E-state index in [2.05, 4.69) is 36.1 Å². The number of nitrogens with zero attached hydrogens (tertiary/aromatic N) is 5. The fourth-order valence-electron chi connectivity index (χ4n) is 4.67. The van der Waals surface area contributed by atoms with Gasteiger partial charge < -0.3 is 29.6 Å². The first-order valence-corrected chi connectivity index (χ1v) is 14.1. The Labute approximate surface area is 262 Å². The maximum atomic E-state index is 13.5. The van der Waals surface area contributed by atoms with Crippen molar-refractivity contribution in [1.82, 2.24) is 30.5 Å². The first-order chi connectivity index (χ1) is 22.2. The van der Waals surface area contributed by atoms with Crippen LogP contribution in [0, 0.1) is 0 Å². The van der Waals surface area contributed by atoms with Gasteiger partial charge in [0.05, 0.1) is 41.2 Å². The molecule has 1 amide bonds. The highest BCUT2D eigenvalue weighted by atomic mass is 19.4. The third-order valence-electron chi connectivity index (χ3n) is 7.02. The molecular formula is C29H33F3N8O6. The van der Waals surface area contributed by atoms with Crippen molar-refractivity contribution in [3.63, 3.8) is 0 Å². The van der Waals surface area contributed by atoms with Crippen LogP contribution in [-0.4, -0.2) is 98.9 Å². The molecule has 1 aromatic carbocycles. The molecule has 0 bridgehead atoms.